The van der Waals surface area contributed by atoms with Crippen LogP contribution in [0.25, 0.3) is 0 Å². The van der Waals surface area contributed by atoms with Crippen LogP contribution in [0.2, 0.25) is 0 Å². The molecule has 0 saturated carbocycles. The van der Waals surface area contributed by atoms with Gasteiger partial charge in [0.2, 0.25) is 5.91 Å². The van der Waals surface area contributed by atoms with E-state index in [-0.39, 0.29) is 4.84 Å². The Morgan fingerprint density at radius 3 is 2.64 bits per heavy atom. The number of alkyl halides is 2. The number of carbonyl (C=O) groups is 1. The molecule has 1 amide bonds. The molecule has 14 heavy (non-hydrogen) atoms. The van der Waals surface area contributed by atoms with Crippen LogP contribution >= 0.6 is 23.2 Å². The molecular weight excluding hydrogens is 221 g/mol. The average Bonchev–Trinajstić information content (AvgIpc) is 2.51. The third-order valence-corrected chi connectivity index (χ3v) is 2.96. The third kappa shape index (κ3) is 4.52. The maximum atomic E-state index is 11.2. The highest BCUT2D eigenvalue weighted by molar-refractivity contribution is 6.44. The molecule has 0 aromatic carbocycles. The van der Waals surface area contributed by atoms with Gasteiger partial charge in [0.1, 0.15) is 4.84 Å². The first-order chi connectivity index (χ1) is 6.70. The van der Waals surface area contributed by atoms with Crippen molar-refractivity contribution in [2.75, 3.05) is 13.1 Å². The molecule has 0 unspecified atom stereocenters. The second-order valence-corrected chi connectivity index (χ2v) is 5.00. The van der Waals surface area contributed by atoms with Gasteiger partial charge in [-0.25, -0.2) is 0 Å². The van der Waals surface area contributed by atoms with Crippen LogP contribution in [-0.4, -0.2) is 28.7 Å². The van der Waals surface area contributed by atoms with Crippen molar-refractivity contribution in [3.63, 3.8) is 0 Å². The number of hydrogen-bond donors (Lipinski definition) is 0. The van der Waals surface area contributed by atoms with Gasteiger partial charge >= 0.3 is 0 Å². The molecule has 1 fully saturated rings. The lowest BCUT2D eigenvalue weighted by Gasteiger charge is -2.14. The van der Waals surface area contributed by atoms with Gasteiger partial charge in [-0.2, -0.15) is 0 Å². The van der Waals surface area contributed by atoms with Crippen LogP contribution in [0.1, 0.15) is 38.5 Å². The fourth-order valence-electron chi connectivity index (χ4n) is 1.72. The molecule has 1 aliphatic heterocycles. The van der Waals surface area contributed by atoms with E-state index in [1.54, 1.807) is 0 Å². The summed E-state index contributed by atoms with van der Waals surface area (Å²) in [6, 6.07) is 0. The van der Waals surface area contributed by atoms with Crippen molar-refractivity contribution < 1.29 is 4.79 Å². The minimum Gasteiger partial charge on any atom is -0.343 e. The lowest BCUT2D eigenvalue weighted by atomic mass is 10.2. The van der Waals surface area contributed by atoms with E-state index in [0.717, 1.165) is 51.6 Å². The number of rotatable bonds is 6. The first-order valence-corrected chi connectivity index (χ1v) is 6.13. The second kappa shape index (κ2) is 6.52. The molecule has 1 heterocycles. The predicted octanol–water partition coefficient (Wildman–Crippen LogP) is 2.97. The molecule has 0 aromatic rings. The third-order valence-electron chi connectivity index (χ3n) is 2.52. The van der Waals surface area contributed by atoms with Crippen molar-refractivity contribution in [2.24, 2.45) is 0 Å². The van der Waals surface area contributed by atoms with Gasteiger partial charge in [0.15, 0.2) is 0 Å². The minimum absolute atomic E-state index is 0.233. The Kier molecular flexibility index (Phi) is 5.64. The fourth-order valence-corrected chi connectivity index (χ4v) is 2.03. The number of likely N-dealkylation sites (tertiary alicyclic amines) is 1. The van der Waals surface area contributed by atoms with Crippen molar-refractivity contribution in [1.29, 1.82) is 0 Å². The number of nitrogens with zero attached hydrogens (tertiary/aromatic N) is 1. The van der Waals surface area contributed by atoms with Crippen LogP contribution in [0.3, 0.4) is 0 Å². The maximum Gasteiger partial charge on any atom is 0.222 e. The van der Waals surface area contributed by atoms with E-state index < -0.39 is 0 Å². The van der Waals surface area contributed by atoms with Crippen molar-refractivity contribution in [1.82, 2.24) is 4.90 Å². The molecule has 4 heteroatoms. The molecular formula is C10H17Cl2NO. The van der Waals surface area contributed by atoms with E-state index in [1.807, 2.05) is 4.90 Å². The summed E-state index contributed by atoms with van der Waals surface area (Å²) in [4.78, 5) is 13.0. The summed E-state index contributed by atoms with van der Waals surface area (Å²) >= 11 is 11.2. The Morgan fingerprint density at radius 1 is 1.29 bits per heavy atom. The second-order valence-electron chi connectivity index (χ2n) is 3.72. The molecule has 0 aromatic heterocycles. The highest BCUT2D eigenvalue weighted by Crippen LogP contribution is 2.14. The van der Waals surface area contributed by atoms with Crippen LogP contribution in [-0.2, 0) is 4.79 Å². The van der Waals surface area contributed by atoms with Gasteiger partial charge in [-0.1, -0.05) is 12.8 Å². The van der Waals surface area contributed by atoms with Gasteiger partial charge < -0.3 is 4.90 Å². The molecule has 82 valence electrons. The van der Waals surface area contributed by atoms with Crippen molar-refractivity contribution >= 4 is 29.1 Å². The molecule has 1 aliphatic rings. The lowest BCUT2D eigenvalue weighted by molar-refractivity contribution is -0.127. The summed E-state index contributed by atoms with van der Waals surface area (Å²) in [7, 11) is 0. The van der Waals surface area contributed by atoms with Crippen LogP contribution in [0, 0.1) is 0 Å². The van der Waals surface area contributed by atoms with Crippen LogP contribution in [0.15, 0.2) is 0 Å². The minimum atomic E-state index is -0.233. The molecule has 1 rings (SSSR count). The van der Waals surface area contributed by atoms with Crippen LogP contribution in [0.4, 0.5) is 0 Å². The van der Waals surface area contributed by atoms with Gasteiger partial charge in [0, 0.05) is 19.5 Å². The molecule has 0 atom stereocenters. The van der Waals surface area contributed by atoms with E-state index in [4.69, 9.17) is 23.2 Å². The Hall–Kier alpha value is 0.0500. The predicted molar refractivity (Wildman–Crippen MR) is 59.8 cm³/mol. The smallest absolute Gasteiger partial charge is 0.222 e. The van der Waals surface area contributed by atoms with Gasteiger partial charge in [0.25, 0.3) is 0 Å². The first kappa shape index (κ1) is 12.1. The summed E-state index contributed by atoms with van der Waals surface area (Å²) in [5, 5.41) is 0. The van der Waals surface area contributed by atoms with Crippen LogP contribution < -0.4 is 0 Å². The molecule has 0 spiro atoms. The van der Waals surface area contributed by atoms with E-state index in [1.165, 1.54) is 0 Å². The van der Waals surface area contributed by atoms with Gasteiger partial charge in [0.05, 0.1) is 0 Å². The zero-order valence-electron chi connectivity index (χ0n) is 8.35. The molecule has 1 saturated heterocycles. The standard InChI is InChI=1S/C10H17Cl2NO/c11-9(12)5-2-1-3-7-13-8-4-6-10(13)14/h9H,1-8H2. The van der Waals surface area contributed by atoms with E-state index >= 15 is 0 Å². The zero-order valence-corrected chi connectivity index (χ0v) is 9.86. The van der Waals surface area contributed by atoms with E-state index in [9.17, 15) is 4.79 Å². The summed E-state index contributed by atoms with van der Waals surface area (Å²) in [5.74, 6) is 0.317. The maximum absolute atomic E-state index is 11.2. The SMILES string of the molecule is O=C1CCCN1CCCCCC(Cl)Cl. The molecule has 0 radical (unpaired) electrons. The highest BCUT2D eigenvalue weighted by atomic mass is 35.5. The summed E-state index contributed by atoms with van der Waals surface area (Å²) < 4.78 is 0. The van der Waals surface area contributed by atoms with Crippen LogP contribution in [0.5, 0.6) is 0 Å². The summed E-state index contributed by atoms with van der Waals surface area (Å²) in [5.41, 5.74) is 0. The average molecular weight is 238 g/mol. The number of hydrogen-bond acceptors (Lipinski definition) is 1. The summed E-state index contributed by atoms with van der Waals surface area (Å²) in [6.07, 6.45) is 5.87. The Morgan fingerprint density at radius 2 is 2.07 bits per heavy atom. The van der Waals surface area contributed by atoms with Crippen molar-refractivity contribution in [3.05, 3.63) is 0 Å². The van der Waals surface area contributed by atoms with E-state index in [0.29, 0.717) is 5.91 Å². The highest BCUT2D eigenvalue weighted by Gasteiger charge is 2.18. The Balaban J connectivity index is 1.96. The number of amides is 1. The van der Waals surface area contributed by atoms with Crippen molar-refractivity contribution in [3.8, 4) is 0 Å². The Bertz CT molecular complexity index is 185. The van der Waals surface area contributed by atoms with Gasteiger partial charge in [-0.05, 0) is 19.3 Å². The quantitative estimate of drug-likeness (QED) is 0.514. The zero-order chi connectivity index (χ0) is 10.4. The molecule has 0 aliphatic carbocycles. The monoisotopic (exact) mass is 237 g/mol. The lowest BCUT2D eigenvalue weighted by Crippen LogP contribution is -2.25. The van der Waals surface area contributed by atoms with Gasteiger partial charge in [-0.15, -0.1) is 23.2 Å². The normalized spacial score (nSPS) is 17.1. The largest absolute Gasteiger partial charge is 0.343 e. The molecule has 0 bridgehead atoms. The Labute approximate surface area is 95.5 Å². The molecule has 0 N–H and O–H groups in total. The summed E-state index contributed by atoms with van der Waals surface area (Å²) in [6.45, 7) is 1.86. The first-order valence-electron chi connectivity index (χ1n) is 5.26. The van der Waals surface area contributed by atoms with Gasteiger partial charge in [-0.3, -0.25) is 4.79 Å². The fraction of sp³-hybridized carbons (Fsp3) is 0.900. The van der Waals surface area contributed by atoms with E-state index in [2.05, 4.69) is 0 Å². The van der Waals surface area contributed by atoms with Crippen molar-refractivity contribution in [2.45, 2.75) is 43.4 Å². The topological polar surface area (TPSA) is 20.3 Å². The number of halogens is 2. The number of unbranched alkanes of at least 4 members (excludes halogenated alkanes) is 2. The molecule has 2 nitrogen and oxygen atoms in total. The number of carbonyl (C=O) groups excluding carboxylic acids is 1.